The molecule has 0 saturated carbocycles. The van der Waals surface area contributed by atoms with Gasteiger partial charge in [-0.1, -0.05) is 57.7 Å². The summed E-state index contributed by atoms with van der Waals surface area (Å²) in [6.45, 7) is 22.9. The maximum atomic E-state index is 13.6. The van der Waals surface area contributed by atoms with Gasteiger partial charge in [0.1, 0.15) is 11.6 Å². The molecule has 0 heterocycles. The van der Waals surface area contributed by atoms with Crippen LogP contribution in [0.3, 0.4) is 0 Å². The first-order chi connectivity index (χ1) is 14.4. The lowest BCUT2D eigenvalue weighted by atomic mass is 10.1. The predicted octanol–water partition coefficient (Wildman–Crippen LogP) is 6.30. The summed E-state index contributed by atoms with van der Waals surface area (Å²) in [4.78, 5) is 11.9. The number of allylic oxidation sites excluding steroid dienone is 6. The fraction of sp³-hybridized carbons (Fsp3) is 0.320. The van der Waals surface area contributed by atoms with Crippen LogP contribution < -0.4 is 16.8 Å². The summed E-state index contributed by atoms with van der Waals surface area (Å²) in [6.07, 6.45) is 6.78. The Kier molecular flexibility index (Phi) is 20.0. The van der Waals surface area contributed by atoms with Gasteiger partial charge in [-0.05, 0) is 51.5 Å². The number of benzene rings is 1. The second-order valence-electron chi connectivity index (χ2n) is 6.96. The molecule has 0 fully saturated rings. The Hall–Kier alpha value is -2.99. The minimum atomic E-state index is -0.987. The van der Waals surface area contributed by atoms with Gasteiger partial charge in [-0.25, -0.2) is 8.78 Å². The normalized spacial score (nSPS) is 9.97. The molecule has 0 aromatic heterocycles. The van der Waals surface area contributed by atoms with Crippen molar-refractivity contribution in [2.75, 3.05) is 12.8 Å². The van der Waals surface area contributed by atoms with Crippen LogP contribution in [0.15, 0.2) is 73.0 Å². The van der Waals surface area contributed by atoms with Gasteiger partial charge in [0.15, 0.2) is 0 Å². The molecular weight excluding hydrogens is 396 g/mol. The fourth-order valence-electron chi connectivity index (χ4n) is 1.45. The van der Waals surface area contributed by atoms with Crippen LogP contribution in [0.2, 0.25) is 0 Å². The molecule has 0 bridgehead atoms. The molecule has 5 N–H and O–H groups in total. The monoisotopic (exact) mass is 435 g/mol. The van der Waals surface area contributed by atoms with Gasteiger partial charge in [0, 0.05) is 11.8 Å². The van der Waals surface area contributed by atoms with Crippen LogP contribution in [-0.2, 0) is 0 Å². The zero-order chi connectivity index (χ0) is 25.1. The number of rotatable bonds is 5. The van der Waals surface area contributed by atoms with Crippen molar-refractivity contribution in [3.63, 3.8) is 0 Å². The van der Waals surface area contributed by atoms with Gasteiger partial charge in [-0.3, -0.25) is 4.79 Å². The topological polar surface area (TPSA) is 81.1 Å². The van der Waals surface area contributed by atoms with Crippen LogP contribution in [0.25, 0.3) is 0 Å². The Morgan fingerprint density at radius 3 is 1.97 bits per heavy atom. The molecule has 31 heavy (non-hydrogen) atoms. The Balaban J connectivity index is -0.000000745. The number of carbonyl (C=O) groups excluding carboxylic acids is 1. The molecule has 0 atom stereocenters. The number of halogens is 2. The molecule has 1 amide bonds. The van der Waals surface area contributed by atoms with Crippen molar-refractivity contribution in [2.24, 2.45) is 11.7 Å². The smallest absolute Gasteiger partial charge is 0.258 e. The molecule has 0 aliphatic rings. The lowest BCUT2D eigenvalue weighted by molar-refractivity contribution is 0.0963. The molecule has 0 saturated heterocycles. The largest absolute Gasteiger partial charge is 0.396 e. The average molecular weight is 436 g/mol. The molecule has 0 unspecified atom stereocenters. The molecule has 0 aliphatic heterocycles. The highest BCUT2D eigenvalue weighted by molar-refractivity contribution is 5.96. The van der Waals surface area contributed by atoms with E-state index in [2.05, 4.69) is 51.6 Å². The molecule has 4 nitrogen and oxygen atoms in total. The van der Waals surface area contributed by atoms with Crippen LogP contribution in [-0.4, -0.2) is 13.0 Å². The minimum absolute atomic E-state index is 0.262. The number of hydrogen-bond acceptors (Lipinski definition) is 3. The van der Waals surface area contributed by atoms with E-state index in [4.69, 9.17) is 5.73 Å². The van der Waals surface area contributed by atoms with E-state index in [-0.39, 0.29) is 16.9 Å². The van der Waals surface area contributed by atoms with Crippen molar-refractivity contribution in [3.05, 3.63) is 90.2 Å². The third kappa shape index (κ3) is 17.6. The van der Waals surface area contributed by atoms with Gasteiger partial charge in [-0.2, -0.15) is 0 Å². The minimum Gasteiger partial charge on any atom is -0.396 e. The van der Waals surface area contributed by atoms with Crippen LogP contribution in [0.1, 0.15) is 51.9 Å². The second kappa shape index (κ2) is 19.0. The van der Waals surface area contributed by atoms with Crippen LogP contribution in [0, 0.1) is 17.6 Å². The number of nitrogens with two attached hydrogens (primary N) is 2. The van der Waals surface area contributed by atoms with E-state index in [9.17, 15) is 13.6 Å². The van der Waals surface area contributed by atoms with Crippen molar-refractivity contribution in [3.8, 4) is 0 Å². The first kappa shape index (κ1) is 32.7. The summed E-state index contributed by atoms with van der Waals surface area (Å²) in [5.41, 5.74) is 11.3. The summed E-state index contributed by atoms with van der Waals surface area (Å²) in [5, 5.41) is 2.40. The highest BCUT2D eigenvalue weighted by Crippen LogP contribution is 2.16. The number of nitrogen functional groups attached to an aromatic ring is 1. The molecule has 0 radical (unpaired) electrons. The van der Waals surface area contributed by atoms with Gasteiger partial charge in [-0.15, -0.1) is 6.58 Å². The highest BCUT2D eigenvalue weighted by atomic mass is 19.1. The summed E-state index contributed by atoms with van der Waals surface area (Å²) in [7, 11) is 1.50. The van der Waals surface area contributed by atoms with Crippen molar-refractivity contribution >= 4 is 11.6 Å². The summed E-state index contributed by atoms with van der Waals surface area (Å²) in [5.74, 6) is -1.81. The first-order valence-corrected chi connectivity index (χ1v) is 9.77. The third-order valence-corrected chi connectivity index (χ3v) is 2.92. The predicted molar refractivity (Wildman–Crippen MR) is 132 cm³/mol. The van der Waals surface area contributed by atoms with E-state index in [1.54, 1.807) is 24.3 Å². The lowest BCUT2D eigenvalue weighted by Crippen LogP contribution is -2.22. The molecular formula is C25H39F2N3O. The lowest BCUT2D eigenvalue weighted by Gasteiger charge is -2.07. The van der Waals surface area contributed by atoms with Crippen LogP contribution >= 0.6 is 0 Å². The van der Waals surface area contributed by atoms with E-state index in [0.717, 1.165) is 23.1 Å². The maximum Gasteiger partial charge on any atom is 0.258 e. The number of hydrogen-bond donors (Lipinski definition) is 3. The summed E-state index contributed by atoms with van der Waals surface area (Å²) in [6, 6.07) is 1.52. The zero-order valence-corrected chi connectivity index (χ0v) is 20.0. The Morgan fingerprint density at radius 2 is 1.55 bits per heavy atom. The second-order valence-corrected chi connectivity index (χ2v) is 6.96. The van der Waals surface area contributed by atoms with E-state index in [1.165, 1.54) is 7.05 Å². The van der Waals surface area contributed by atoms with Crippen molar-refractivity contribution in [1.29, 1.82) is 0 Å². The maximum absolute atomic E-state index is 13.6. The number of anilines is 1. The average Bonchev–Trinajstić information content (AvgIpc) is 2.66. The molecule has 0 spiro atoms. The molecule has 0 aliphatic carbocycles. The SMILES string of the molecule is C=C(/C=C\C=C(/C)C(=C)C)NC(=O)c1cc(N)c(F)cc1F.C=CC.CC(C)C.CN. The van der Waals surface area contributed by atoms with Gasteiger partial charge >= 0.3 is 0 Å². The van der Waals surface area contributed by atoms with E-state index >= 15 is 0 Å². The number of nitrogens with one attached hydrogen (secondary N) is 1. The first-order valence-electron chi connectivity index (χ1n) is 9.77. The van der Waals surface area contributed by atoms with E-state index in [0.29, 0.717) is 6.07 Å². The van der Waals surface area contributed by atoms with E-state index < -0.39 is 17.5 Å². The van der Waals surface area contributed by atoms with Crippen LogP contribution in [0.5, 0.6) is 0 Å². The quantitative estimate of drug-likeness (QED) is 0.288. The van der Waals surface area contributed by atoms with Gasteiger partial charge < -0.3 is 16.8 Å². The van der Waals surface area contributed by atoms with Crippen LogP contribution in [0.4, 0.5) is 14.5 Å². The Morgan fingerprint density at radius 1 is 1.10 bits per heavy atom. The molecule has 1 aromatic rings. The molecule has 1 aromatic carbocycles. The van der Waals surface area contributed by atoms with Gasteiger partial charge in [0.2, 0.25) is 0 Å². The van der Waals surface area contributed by atoms with Crippen molar-refractivity contribution in [1.82, 2.24) is 5.32 Å². The zero-order valence-electron chi connectivity index (χ0n) is 20.0. The number of amides is 1. The Bertz CT molecular complexity index is 776. The third-order valence-electron chi connectivity index (χ3n) is 2.92. The molecule has 1 rings (SSSR count). The van der Waals surface area contributed by atoms with Crippen molar-refractivity contribution in [2.45, 2.75) is 41.5 Å². The molecule has 6 heteroatoms. The Labute approximate surface area is 187 Å². The summed E-state index contributed by atoms with van der Waals surface area (Å²) >= 11 is 0. The molecule has 174 valence electrons. The van der Waals surface area contributed by atoms with Crippen molar-refractivity contribution < 1.29 is 13.6 Å². The highest BCUT2D eigenvalue weighted by Gasteiger charge is 2.14. The summed E-state index contributed by atoms with van der Waals surface area (Å²) < 4.78 is 26.6. The van der Waals surface area contributed by atoms with Gasteiger partial charge in [0.25, 0.3) is 5.91 Å². The van der Waals surface area contributed by atoms with Gasteiger partial charge in [0.05, 0.1) is 11.3 Å². The standard InChI is InChI=1S/C17H18F2N2O.C4H10.C3H6.CH5N/c1-10(2)11(3)6-5-7-12(4)21-17(22)13-8-16(20)15(19)9-14(13)18;1-4(2)3;1-3-2;1-2/h5-9H,1,4,20H2,2-3H3,(H,21,22);4H,1-3H3;3H,1H2,2H3;2H2,1H3/b7-5-,11-6+;;;. The number of carbonyl (C=O) groups is 1. The van der Waals surface area contributed by atoms with E-state index in [1.807, 2.05) is 20.8 Å². The fourth-order valence-corrected chi connectivity index (χ4v) is 1.45.